The monoisotopic (exact) mass is 788 g/mol. The molecule has 6 rings (SSSR count). The molecule has 4 N–H and O–H groups in total. The van der Waals surface area contributed by atoms with E-state index in [2.05, 4.69) is 51.3 Å². The topological polar surface area (TPSA) is 138 Å². The molecule has 0 radical (unpaired) electrons. The summed E-state index contributed by atoms with van der Waals surface area (Å²) in [5.74, 6) is 1.52. The molecule has 2 saturated carbocycles. The van der Waals surface area contributed by atoms with Crippen LogP contribution in [0, 0.1) is 17.8 Å². The second-order valence-electron chi connectivity index (χ2n) is 16.7. The number of amides is 2. The van der Waals surface area contributed by atoms with Gasteiger partial charge in [-0.15, -0.1) is 0 Å². The Balaban J connectivity index is 1.02. The Labute approximate surface area is 329 Å². The number of alkyl halides is 3. The fourth-order valence-electron chi connectivity index (χ4n) is 9.53. The third kappa shape index (κ3) is 10.7. The highest BCUT2D eigenvalue weighted by Gasteiger charge is 2.44. The summed E-state index contributed by atoms with van der Waals surface area (Å²) in [6, 6.07) is 2.99. The van der Waals surface area contributed by atoms with Crippen LogP contribution in [0.4, 0.5) is 19.0 Å². The zero-order valence-corrected chi connectivity index (χ0v) is 33.4. The smallest absolute Gasteiger partial charge is 0.378 e. The Kier molecular flexibility index (Phi) is 14.8. The molecule has 0 bridgehead atoms. The number of rotatable bonds is 16. The molecular weight excluding hydrogens is 725 g/mol. The highest BCUT2D eigenvalue weighted by Crippen LogP contribution is 2.39. The highest BCUT2D eigenvalue weighted by atomic mass is 19.4. The largest absolute Gasteiger partial charge is 0.416 e. The van der Waals surface area contributed by atoms with E-state index in [1.54, 1.807) is 0 Å². The van der Waals surface area contributed by atoms with E-state index < -0.39 is 17.8 Å². The molecule has 0 unspecified atom stereocenters. The van der Waals surface area contributed by atoms with Crippen molar-refractivity contribution in [1.82, 2.24) is 30.0 Å². The van der Waals surface area contributed by atoms with E-state index in [0.29, 0.717) is 69.3 Å². The van der Waals surface area contributed by atoms with Crippen LogP contribution in [0.1, 0.15) is 83.6 Å². The number of fused-ring (bicyclic) bond motifs is 1. The lowest BCUT2D eigenvalue weighted by Crippen LogP contribution is -2.59. The Hall–Kier alpha value is -3.11. The molecule has 1 aromatic heterocycles. The van der Waals surface area contributed by atoms with Crippen LogP contribution in [0.2, 0.25) is 0 Å². The fourth-order valence-corrected chi connectivity index (χ4v) is 9.53. The Bertz CT molecular complexity index is 1580. The van der Waals surface area contributed by atoms with Crippen molar-refractivity contribution in [2.75, 3.05) is 71.5 Å². The van der Waals surface area contributed by atoms with Crippen molar-refractivity contribution in [3.05, 3.63) is 30.1 Å². The van der Waals surface area contributed by atoms with Gasteiger partial charge >= 0.3 is 6.18 Å². The summed E-state index contributed by atoms with van der Waals surface area (Å²) in [6.07, 6.45) is 6.00. The van der Waals surface area contributed by atoms with Crippen molar-refractivity contribution >= 4 is 28.5 Å². The minimum Gasteiger partial charge on any atom is -0.378 e. The Morgan fingerprint density at radius 1 is 0.946 bits per heavy atom. The van der Waals surface area contributed by atoms with E-state index in [4.69, 9.17) is 15.2 Å². The van der Waals surface area contributed by atoms with Crippen LogP contribution < -0.4 is 16.4 Å². The number of nitrogens with zero attached hydrogens (tertiary/aromatic N) is 5. The first-order chi connectivity index (χ1) is 26.9. The van der Waals surface area contributed by atoms with Gasteiger partial charge in [0.25, 0.3) is 0 Å². The van der Waals surface area contributed by atoms with Gasteiger partial charge in [-0.3, -0.25) is 9.59 Å². The average molecular weight is 789 g/mol. The van der Waals surface area contributed by atoms with Crippen molar-refractivity contribution in [3.8, 4) is 0 Å². The van der Waals surface area contributed by atoms with Crippen LogP contribution >= 0.6 is 0 Å². The standard InChI is InChI=1S/C41H63F3N8O4/c1-27(2)50(3)32-9-11-37(52-18-14-35(40(52)54)48-38-33-24-31(41(42,43)44)8-10-34(33)46-26-47-38)36(25-32)49-39(53)30-6-4-28(5-7-30)29-12-16-51(17-13-29)19-21-56-23-22-55-20-15-45/h8,10,24,26-30,32,35-37H,4-7,9,11-23,25,45H2,1-3H3,(H,49,53)(H,46,47,48)/t28?,30?,32-,35+,36-,37+/m1/s1. The van der Waals surface area contributed by atoms with E-state index in [1.165, 1.54) is 25.2 Å². The van der Waals surface area contributed by atoms with Gasteiger partial charge in [0.05, 0.1) is 49.6 Å². The van der Waals surface area contributed by atoms with Crippen LogP contribution in [-0.4, -0.2) is 133 Å². The van der Waals surface area contributed by atoms with Gasteiger partial charge in [0.1, 0.15) is 18.2 Å². The van der Waals surface area contributed by atoms with Gasteiger partial charge in [0.2, 0.25) is 11.8 Å². The second kappa shape index (κ2) is 19.6. The SMILES string of the molecule is CC(C)N(C)[C@@H]1CC[C@H](N2CC[C@H](Nc3ncnc4ccc(C(F)(F)F)cc34)C2=O)[C@H](NC(=O)C2CCC(C3CCN(CCOCCOCCN)CC3)CC2)C1. The van der Waals surface area contributed by atoms with Crippen LogP contribution in [0.5, 0.6) is 0 Å². The number of likely N-dealkylation sites (tertiary alicyclic amines) is 2. The molecule has 2 aromatic rings. The number of hydrogen-bond acceptors (Lipinski definition) is 10. The molecule has 56 heavy (non-hydrogen) atoms. The number of aromatic nitrogens is 2. The molecule has 12 nitrogen and oxygen atoms in total. The number of nitrogens with one attached hydrogen (secondary N) is 2. The Morgan fingerprint density at radius 3 is 2.36 bits per heavy atom. The predicted octanol–water partition coefficient (Wildman–Crippen LogP) is 4.92. The van der Waals surface area contributed by atoms with Gasteiger partial charge in [-0.25, -0.2) is 9.97 Å². The van der Waals surface area contributed by atoms with Gasteiger partial charge in [-0.1, -0.05) is 0 Å². The first kappa shape index (κ1) is 42.5. The zero-order valence-electron chi connectivity index (χ0n) is 33.4. The normalized spacial score (nSPS) is 27.1. The number of piperidine rings is 1. The van der Waals surface area contributed by atoms with Gasteiger partial charge in [-0.2, -0.15) is 13.2 Å². The van der Waals surface area contributed by atoms with Crippen molar-refractivity contribution in [1.29, 1.82) is 0 Å². The van der Waals surface area contributed by atoms with Crippen LogP contribution in [0.3, 0.4) is 0 Å². The molecule has 2 aliphatic carbocycles. The summed E-state index contributed by atoms with van der Waals surface area (Å²) in [5.41, 5.74) is 5.02. The number of halogens is 3. The summed E-state index contributed by atoms with van der Waals surface area (Å²) in [5, 5.41) is 6.85. The quantitative estimate of drug-likeness (QED) is 0.201. The molecule has 2 amide bonds. The van der Waals surface area contributed by atoms with E-state index in [0.717, 1.165) is 76.7 Å². The predicted molar refractivity (Wildman–Crippen MR) is 210 cm³/mol. The molecule has 15 heteroatoms. The van der Waals surface area contributed by atoms with E-state index in [1.807, 2.05) is 4.90 Å². The van der Waals surface area contributed by atoms with Crippen molar-refractivity contribution in [2.45, 2.75) is 114 Å². The molecule has 2 saturated heterocycles. The first-order valence-corrected chi connectivity index (χ1v) is 20.9. The van der Waals surface area contributed by atoms with Crippen molar-refractivity contribution in [2.24, 2.45) is 23.5 Å². The lowest BCUT2D eigenvalue weighted by Gasteiger charge is -2.45. The number of ether oxygens (including phenoxy) is 2. The molecule has 4 aliphatic rings. The van der Waals surface area contributed by atoms with Crippen LogP contribution in [-0.2, 0) is 25.2 Å². The lowest BCUT2D eigenvalue weighted by atomic mass is 9.72. The number of carbonyl (C=O) groups excluding carboxylic acids is 2. The third-order valence-corrected chi connectivity index (χ3v) is 13.0. The van der Waals surface area contributed by atoms with Gasteiger partial charge in [-0.05, 0) is 128 Å². The minimum atomic E-state index is -4.52. The van der Waals surface area contributed by atoms with Gasteiger partial charge < -0.3 is 40.5 Å². The number of benzene rings is 1. The summed E-state index contributed by atoms with van der Waals surface area (Å²) in [4.78, 5) is 43.2. The average Bonchev–Trinajstić information content (AvgIpc) is 3.55. The number of carbonyl (C=O) groups is 2. The lowest BCUT2D eigenvalue weighted by molar-refractivity contribution is -0.137. The molecule has 1 aromatic carbocycles. The maximum absolute atomic E-state index is 14.0. The maximum atomic E-state index is 14.0. The van der Waals surface area contributed by atoms with E-state index >= 15 is 0 Å². The second-order valence-corrected chi connectivity index (χ2v) is 16.7. The van der Waals surface area contributed by atoms with E-state index in [-0.39, 0.29) is 47.1 Å². The molecule has 4 atom stereocenters. The molecule has 0 spiro atoms. The number of hydrogen-bond donors (Lipinski definition) is 3. The summed E-state index contributed by atoms with van der Waals surface area (Å²) in [6.45, 7) is 11.0. The van der Waals surface area contributed by atoms with Crippen molar-refractivity contribution < 1.29 is 32.2 Å². The zero-order chi connectivity index (χ0) is 39.8. The summed E-state index contributed by atoms with van der Waals surface area (Å²) >= 11 is 0. The molecule has 2 aliphatic heterocycles. The van der Waals surface area contributed by atoms with Crippen molar-refractivity contribution in [3.63, 3.8) is 0 Å². The molecule has 4 fully saturated rings. The Morgan fingerprint density at radius 2 is 1.66 bits per heavy atom. The highest BCUT2D eigenvalue weighted by molar-refractivity contribution is 5.93. The van der Waals surface area contributed by atoms with Crippen LogP contribution in [0.15, 0.2) is 24.5 Å². The fraction of sp³-hybridized carbons (Fsp3) is 0.756. The van der Waals surface area contributed by atoms with E-state index in [9.17, 15) is 22.8 Å². The third-order valence-electron chi connectivity index (χ3n) is 13.0. The summed E-state index contributed by atoms with van der Waals surface area (Å²) < 4.78 is 51.8. The molecular formula is C41H63F3N8O4. The maximum Gasteiger partial charge on any atom is 0.416 e. The minimum absolute atomic E-state index is 0.0301. The summed E-state index contributed by atoms with van der Waals surface area (Å²) in [7, 11) is 2.13. The van der Waals surface area contributed by atoms with Gasteiger partial charge in [0, 0.05) is 43.0 Å². The first-order valence-electron chi connectivity index (χ1n) is 20.9. The number of nitrogens with two attached hydrogens (primary N) is 1. The molecule has 312 valence electrons. The molecule has 3 heterocycles. The van der Waals surface area contributed by atoms with Crippen LogP contribution in [0.25, 0.3) is 10.9 Å². The van der Waals surface area contributed by atoms with Gasteiger partial charge in [0.15, 0.2) is 0 Å². The number of anilines is 1.